The second-order valence-electron chi connectivity index (χ2n) is 7.92. The number of unbranched alkanes of at least 4 members (excludes halogenated alkanes) is 9. The van der Waals surface area contributed by atoms with Gasteiger partial charge in [-0.25, -0.2) is 0 Å². The average Bonchev–Trinajstić information content (AvgIpc) is 2.70. The third-order valence-corrected chi connectivity index (χ3v) is 5.37. The second-order valence-corrected chi connectivity index (χ2v) is 7.92. The normalized spacial score (nSPS) is 10.9. The van der Waals surface area contributed by atoms with Gasteiger partial charge in [0, 0.05) is 18.7 Å². The van der Waals surface area contributed by atoms with Crippen LogP contribution in [-0.2, 0) is 6.42 Å². The van der Waals surface area contributed by atoms with Gasteiger partial charge in [-0.3, -0.25) is 4.79 Å². The minimum absolute atomic E-state index is 0.225. The van der Waals surface area contributed by atoms with Crippen molar-refractivity contribution in [2.45, 2.75) is 104 Å². The zero-order chi connectivity index (χ0) is 19.7. The molecule has 0 heterocycles. The maximum atomic E-state index is 13.0. The molecule has 0 unspecified atom stereocenters. The quantitative estimate of drug-likeness (QED) is 0.276. The van der Waals surface area contributed by atoms with Crippen LogP contribution in [0.2, 0.25) is 0 Å². The van der Waals surface area contributed by atoms with Gasteiger partial charge in [-0.05, 0) is 43.4 Å². The molecule has 1 rings (SSSR count). The summed E-state index contributed by atoms with van der Waals surface area (Å²) in [5.74, 6) is 0.225. The third-order valence-electron chi connectivity index (χ3n) is 5.37. The van der Waals surface area contributed by atoms with E-state index in [0.29, 0.717) is 0 Å². The van der Waals surface area contributed by atoms with Crippen LogP contribution in [0.3, 0.4) is 0 Å². The van der Waals surface area contributed by atoms with Crippen LogP contribution in [0.25, 0.3) is 0 Å². The number of aryl methyl sites for hydroxylation is 1. The molecule has 0 saturated carbocycles. The minimum Gasteiger partial charge on any atom is -0.339 e. The largest absolute Gasteiger partial charge is 0.339 e. The summed E-state index contributed by atoms with van der Waals surface area (Å²) in [6.07, 6.45) is 16.0. The van der Waals surface area contributed by atoms with E-state index in [-0.39, 0.29) is 5.91 Å². The molecule has 2 heteroatoms. The molecule has 1 amide bonds. The number of carbonyl (C=O) groups excluding carboxylic acids is 1. The topological polar surface area (TPSA) is 20.3 Å². The summed E-state index contributed by atoms with van der Waals surface area (Å²) in [4.78, 5) is 15.1. The maximum absolute atomic E-state index is 13.0. The van der Waals surface area contributed by atoms with Gasteiger partial charge >= 0.3 is 0 Å². The van der Waals surface area contributed by atoms with Crippen molar-refractivity contribution in [3.8, 4) is 0 Å². The number of hydrogen-bond donors (Lipinski definition) is 0. The van der Waals surface area contributed by atoms with Crippen LogP contribution in [0.4, 0.5) is 0 Å². The summed E-state index contributed by atoms with van der Waals surface area (Å²) in [7, 11) is 0. The molecule has 1 aromatic rings. The van der Waals surface area contributed by atoms with Crippen molar-refractivity contribution in [3.05, 3.63) is 35.4 Å². The number of hydrogen-bond acceptors (Lipinski definition) is 1. The third kappa shape index (κ3) is 10.6. The van der Waals surface area contributed by atoms with E-state index in [2.05, 4.69) is 37.8 Å². The van der Waals surface area contributed by atoms with E-state index in [0.717, 1.165) is 37.9 Å². The molecule has 0 atom stereocenters. The summed E-state index contributed by atoms with van der Waals surface area (Å²) in [5, 5.41) is 0. The fourth-order valence-corrected chi connectivity index (χ4v) is 3.50. The van der Waals surface area contributed by atoms with E-state index in [1.165, 1.54) is 69.8 Å². The van der Waals surface area contributed by atoms with Crippen LogP contribution in [0, 0.1) is 0 Å². The summed E-state index contributed by atoms with van der Waals surface area (Å²) in [6.45, 7) is 8.53. The Bertz CT molecular complexity index is 466. The molecule has 0 spiro atoms. The van der Waals surface area contributed by atoms with Gasteiger partial charge in [0.25, 0.3) is 5.91 Å². The smallest absolute Gasteiger partial charge is 0.253 e. The van der Waals surface area contributed by atoms with E-state index in [9.17, 15) is 4.79 Å². The number of rotatable bonds is 16. The predicted octanol–water partition coefficient (Wildman–Crippen LogP) is 7.41. The molecule has 27 heavy (non-hydrogen) atoms. The highest BCUT2D eigenvalue weighted by atomic mass is 16.2. The Kier molecular flexibility index (Phi) is 13.8. The molecular formula is C25H43NO. The Morgan fingerprint density at radius 2 is 1.15 bits per heavy atom. The molecule has 0 bridgehead atoms. The summed E-state index contributed by atoms with van der Waals surface area (Å²) < 4.78 is 0. The number of carbonyl (C=O) groups is 1. The van der Waals surface area contributed by atoms with Crippen LogP contribution in [0.1, 0.15) is 114 Å². The van der Waals surface area contributed by atoms with Crippen molar-refractivity contribution in [2.75, 3.05) is 13.1 Å². The Morgan fingerprint density at radius 1 is 0.667 bits per heavy atom. The van der Waals surface area contributed by atoms with Crippen LogP contribution >= 0.6 is 0 Å². The Balaban J connectivity index is 2.57. The number of amides is 1. The highest BCUT2D eigenvalue weighted by Gasteiger charge is 2.15. The van der Waals surface area contributed by atoms with Crippen molar-refractivity contribution in [2.24, 2.45) is 0 Å². The van der Waals surface area contributed by atoms with Crippen LogP contribution in [0.5, 0.6) is 0 Å². The lowest BCUT2D eigenvalue weighted by molar-refractivity contribution is 0.0749. The van der Waals surface area contributed by atoms with Crippen LogP contribution in [0.15, 0.2) is 24.3 Å². The molecular weight excluding hydrogens is 330 g/mol. The first-order valence-electron chi connectivity index (χ1n) is 11.6. The average molecular weight is 374 g/mol. The molecule has 0 aliphatic heterocycles. The van der Waals surface area contributed by atoms with E-state index < -0.39 is 0 Å². The minimum atomic E-state index is 0.225. The van der Waals surface area contributed by atoms with E-state index in [1.807, 2.05) is 12.1 Å². The van der Waals surface area contributed by atoms with Crippen molar-refractivity contribution in [1.29, 1.82) is 0 Å². The van der Waals surface area contributed by atoms with Gasteiger partial charge in [0.2, 0.25) is 0 Å². The van der Waals surface area contributed by atoms with Crippen molar-refractivity contribution >= 4 is 5.91 Å². The Hall–Kier alpha value is -1.31. The van der Waals surface area contributed by atoms with Gasteiger partial charge < -0.3 is 4.90 Å². The molecule has 0 aliphatic rings. The molecule has 2 nitrogen and oxygen atoms in total. The van der Waals surface area contributed by atoms with Gasteiger partial charge in [-0.15, -0.1) is 0 Å². The van der Waals surface area contributed by atoms with Gasteiger partial charge in [0.05, 0.1) is 0 Å². The van der Waals surface area contributed by atoms with Crippen LogP contribution < -0.4 is 0 Å². The first-order chi connectivity index (χ1) is 13.2. The van der Waals surface area contributed by atoms with Gasteiger partial charge in [0.1, 0.15) is 0 Å². The summed E-state index contributed by atoms with van der Waals surface area (Å²) >= 11 is 0. The first-order valence-corrected chi connectivity index (χ1v) is 11.6. The summed E-state index contributed by atoms with van der Waals surface area (Å²) in [6, 6.07) is 8.36. The first kappa shape index (κ1) is 23.7. The molecule has 0 radical (unpaired) electrons. The highest BCUT2D eigenvalue weighted by molar-refractivity contribution is 5.94. The molecule has 154 valence electrons. The number of nitrogens with zero attached hydrogens (tertiary/aromatic N) is 1. The van der Waals surface area contributed by atoms with E-state index in [4.69, 9.17) is 0 Å². The van der Waals surface area contributed by atoms with E-state index >= 15 is 0 Å². The molecule has 0 fully saturated rings. The highest BCUT2D eigenvalue weighted by Crippen LogP contribution is 2.13. The lowest BCUT2D eigenvalue weighted by atomic mass is 10.1. The summed E-state index contributed by atoms with van der Waals surface area (Å²) in [5.41, 5.74) is 2.21. The van der Waals surface area contributed by atoms with Crippen molar-refractivity contribution in [1.82, 2.24) is 4.90 Å². The maximum Gasteiger partial charge on any atom is 0.253 e. The monoisotopic (exact) mass is 373 g/mol. The fraction of sp³-hybridized carbons (Fsp3) is 0.720. The predicted molar refractivity (Wildman–Crippen MR) is 118 cm³/mol. The fourth-order valence-electron chi connectivity index (χ4n) is 3.50. The second kappa shape index (κ2) is 15.7. The van der Waals surface area contributed by atoms with E-state index in [1.54, 1.807) is 0 Å². The molecule has 0 aromatic heterocycles. The van der Waals surface area contributed by atoms with Gasteiger partial charge in [-0.2, -0.15) is 0 Å². The van der Waals surface area contributed by atoms with Gasteiger partial charge in [-0.1, -0.05) is 90.7 Å². The van der Waals surface area contributed by atoms with Crippen molar-refractivity contribution in [3.63, 3.8) is 0 Å². The number of benzene rings is 1. The lowest BCUT2D eigenvalue weighted by Gasteiger charge is -2.23. The lowest BCUT2D eigenvalue weighted by Crippen LogP contribution is -2.33. The Morgan fingerprint density at radius 3 is 1.63 bits per heavy atom. The van der Waals surface area contributed by atoms with Crippen LogP contribution in [-0.4, -0.2) is 23.9 Å². The SMILES string of the molecule is CCCCCCCN(CCCCCCC)C(=O)c1ccc(CCCC)cc1. The molecule has 0 saturated heterocycles. The standard InChI is InChI=1S/C25H43NO/c1-4-7-10-12-14-21-26(22-15-13-11-8-5-2)25(27)24-19-17-23(18-20-24)16-9-6-3/h17-20H,4-16,21-22H2,1-3H3. The molecule has 1 aromatic carbocycles. The Labute approximate surface area is 168 Å². The van der Waals surface area contributed by atoms with Crippen molar-refractivity contribution < 1.29 is 4.79 Å². The molecule has 0 N–H and O–H groups in total. The zero-order valence-electron chi connectivity index (χ0n) is 18.3. The van der Waals surface area contributed by atoms with Gasteiger partial charge in [0.15, 0.2) is 0 Å². The zero-order valence-corrected chi connectivity index (χ0v) is 18.3. The molecule has 0 aliphatic carbocycles.